The van der Waals surface area contributed by atoms with E-state index in [1.54, 1.807) is 0 Å². The van der Waals surface area contributed by atoms with E-state index in [1.807, 2.05) is 0 Å². The zero-order chi connectivity index (χ0) is 26.6. The molecule has 0 spiro atoms. The molecule has 0 saturated heterocycles. The Morgan fingerprint density at radius 1 is 0.395 bits per heavy atom. The van der Waals surface area contributed by atoms with E-state index >= 15 is 0 Å². The molecule has 5 aromatic rings. The van der Waals surface area contributed by atoms with E-state index in [2.05, 4.69) is 137 Å². The molecule has 194 valence electrons. The first-order valence-corrected chi connectivity index (χ1v) is 18.7. The zero-order valence-corrected chi connectivity index (χ0v) is 25.0. The van der Waals surface area contributed by atoms with E-state index in [1.165, 1.54) is 10.4 Å². The number of rotatable bonds is 10. The highest BCUT2D eigenvalue weighted by Crippen LogP contribution is 2.45. The topological polar surface area (TPSA) is 18.5 Å². The molecule has 0 aromatic heterocycles. The number of fused-ring (bicyclic) bond motifs is 2. The van der Waals surface area contributed by atoms with E-state index in [9.17, 15) is 0 Å². The Labute approximate surface area is 229 Å². The van der Waals surface area contributed by atoms with Gasteiger partial charge in [-0.3, -0.25) is 0 Å². The van der Waals surface area contributed by atoms with Crippen LogP contribution in [0.5, 0.6) is 11.5 Å². The van der Waals surface area contributed by atoms with Crippen LogP contribution in [0.1, 0.15) is 27.7 Å². The van der Waals surface area contributed by atoms with Gasteiger partial charge in [0.2, 0.25) is 0 Å². The summed E-state index contributed by atoms with van der Waals surface area (Å²) in [5.74, 6) is 2.01. The maximum atomic E-state index is 7.33. The van der Waals surface area contributed by atoms with Crippen LogP contribution in [0.2, 0.25) is 24.2 Å². The Bertz CT molecular complexity index is 1340. The first-order valence-electron chi connectivity index (χ1n) is 14.0. The molecule has 4 heteroatoms. The summed E-state index contributed by atoms with van der Waals surface area (Å²) in [5, 5.41) is 7.26. The fourth-order valence-electron chi connectivity index (χ4n) is 5.87. The summed E-state index contributed by atoms with van der Waals surface area (Å²) in [6.07, 6.45) is 0. The summed E-state index contributed by atoms with van der Waals surface area (Å²) >= 11 is 0. The van der Waals surface area contributed by atoms with Gasteiger partial charge in [-0.15, -0.1) is 0 Å². The predicted molar refractivity (Wildman–Crippen MR) is 168 cm³/mol. The molecule has 0 radical (unpaired) electrons. The van der Waals surface area contributed by atoms with Crippen molar-refractivity contribution in [1.29, 1.82) is 0 Å². The molecule has 0 bridgehead atoms. The van der Waals surface area contributed by atoms with Crippen molar-refractivity contribution in [3.05, 3.63) is 109 Å². The Kier molecular flexibility index (Phi) is 7.73. The first-order chi connectivity index (χ1) is 18.6. The van der Waals surface area contributed by atoms with E-state index in [4.69, 9.17) is 8.85 Å². The second-order valence-electron chi connectivity index (χ2n) is 10.1. The normalized spacial score (nSPS) is 12.1. The Morgan fingerprint density at radius 3 is 0.921 bits per heavy atom. The van der Waals surface area contributed by atoms with Crippen LogP contribution < -0.4 is 19.2 Å². The molecule has 38 heavy (non-hydrogen) atoms. The van der Waals surface area contributed by atoms with E-state index in [-0.39, 0.29) is 0 Å². The number of benzene rings is 5. The van der Waals surface area contributed by atoms with Crippen LogP contribution in [0.25, 0.3) is 21.5 Å². The zero-order valence-electron chi connectivity index (χ0n) is 23.0. The maximum absolute atomic E-state index is 7.33. The van der Waals surface area contributed by atoms with Gasteiger partial charge in [-0.05, 0) is 34.5 Å². The lowest BCUT2D eigenvalue weighted by atomic mass is 10.0. The van der Waals surface area contributed by atoms with Crippen molar-refractivity contribution in [2.45, 2.75) is 51.9 Å². The average molecular weight is 535 g/mol. The molecule has 5 rings (SSSR count). The largest absolute Gasteiger partial charge is 0.538 e. The van der Waals surface area contributed by atoms with Gasteiger partial charge in [-0.1, -0.05) is 137 Å². The van der Waals surface area contributed by atoms with Gasteiger partial charge in [0, 0.05) is 21.5 Å². The summed E-state index contributed by atoms with van der Waals surface area (Å²) in [4.78, 5) is 0. The van der Waals surface area contributed by atoms with Crippen molar-refractivity contribution in [3.63, 3.8) is 0 Å². The first kappa shape index (κ1) is 26.3. The van der Waals surface area contributed by atoms with Gasteiger partial charge < -0.3 is 8.85 Å². The van der Waals surface area contributed by atoms with Gasteiger partial charge in [0.1, 0.15) is 11.5 Å². The minimum Gasteiger partial charge on any atom is -0.538 e. The standard InChI is InChI=1S/C34H38O2Si2/c1-5-37(6-2,27-19-11-9-12-20-27)35-33-29-23-15-17-25-31(29)34(32-26-18-16-24-30(32)33)36-38(7-3,8-4)28-21-13-10-14-22-28/h9-26H,5-8H2,1-4H3. The molecular formula is C34H38O2Si2. The molecule has 0 N–H and O–H groups in total. The molecule has 0 saturated carbocycles. The number of hydrogen-bond acceptors (Lipinski definition) is 2. The van der Waals surface area contributed by atoms with Crippen molar-refractivity contribution in [3.8, 4) is 11.5 Å². The number of hydrogen-bond donors (Lipinski definition) is 0. The van der Waals surface area contributed by atoms with Crippen molar-refractivity contribution in [1.82, 2.24) is 0 Å². The predicted octanol–water partition coefficient (Wildman–Crippen LogP) is 8.54. The molecule has 0 aliphatic rings. The Morgan fingerprint density at radius 2 is 0.658 bits per heavy atom. The highest BCUT2D eigenvalue weighted by Gasteiger charge is 2.39. The van der Waals surface area contributed by atoms with Gasteiger partial charge in [-0.25, -0.2) is 0 Å². The van der Waals surface area contributed by atoms with Crippen LogP contribution >= 0.6 is 0 Å². The summed E-state index contributed by atoms with van der Waals surface area (Å²) in [5.41, 5.74) is 0. The molecule has 0 atom stereocenters. The fourth-order valence-corrected chi connectivity index (χ4v) is 12.1. The van der Waals surface area contributed by atoms with Gasteiger partial charge >= 0.3 is 0 Å². The minimum absolute atomic E-state index is 1.00. The molecule has 0 fully saturated rings. The lowest BCUT2D eigenvalue weighted by Crippen LogP contribution is -2.53. The maximum Gasteiger partial charge on any atom is 0.282 e. The molecular weight excluding hydrogens is 497 g/mol. The summed E-state index contributed by atoms with van der Waals surface area (Å²) in [6, 6.07) is 43.2. The highest BCUT2D eigenvalue weighted by atomic mass is 28.4. The van der Waals surface area contributed by atoms with Crippen molar-refractivity contribution in [2.75, 3.05) is 0 Å². The van der Waals surface area contributed by atoms with Crippen molar-refractivity contribution in [2.24, 2.45) is 0 Å². The molecule has 5 aromatic carbocycles. The van der Waals surface area contributed by atoms with E-state index in [0.717, 1.165) is 57.2 Å². The van der Waals surface area contributed by atoms with Crippen LogP contribution in [0.3, 0.4) is 0 Å². The van der Waals surface area contributed by atoms with Crippen molar-refractivity contribution >= 4 is 48.6 Å². The van der Waals surface area contributed by atoms with Crippen LogP contribution in [0.15, 0.2) is 109 Å². The van der Waals surface area contributed by atoms with Gasteiger partial charge in [0.05, 0.1) is 0 Å². The van der Waals surface area contributed by atoms with Crippen LogP contribution in [0, 0.1) is 0 Å². The monoisotopic (exact) mass is 534 g/mol. The fraction of sp³-hybridized carbons (Fsp3) is 0.235. The third kappa shape index (κ3) is 4.57. The third-order valence-corrected chi connectivity index (χ3v) is 16.8. The quantitative estimate of drug-likeness (QED) is 0.132. The van der Waals surface area contributed by atoms with E-state index < -0.39 is 16.6 Å². The Hall–Kier alpha value is -3.35. The summed E-state index contributed by atoms with van der Waals surface area (Å²) in [6.45, 7) is 9.14. The highest BCUT2D eigenvalue weighted by molar-refractivity contribution is 6.87. The average Bonchev–Trinajstić information content (AvgIpc) is 3.00. The second-order valence-corrected chi connectivity index (χ2v) is 18.5. The summed E-state index contributed by atoms with van der Waals surface area (Å²) in [7, 11) is -4.52. The SMILES string of the molecule is CC[Si](CC)(Oc1c2ccccc2c(O[Si](CC)(CC)c2ccccc2)c2ccccc12)c1ccccc1. The minimum atomic E-state index is -2.26. The van der Waals surface area contributed by atoms with E-state index in [0.29, 0.717) is 0 Å². The molecule has 0 aliphatic heterocycles. The summed E-state index contributed by atoms with van der Waals surface area (Å²) < 4.78 is 14.7. The second kappa shape index (κ2) is 11.2. The molecule has 2 nitrogen and oxygen atoms in total. The molecule has 0 heterocycles. The van der Waals surface area contributed by atoms with Crippen LogP contribution in [0.4, 0.5) is 0 Å². The Balaban J connectivity index is 1.75. The van der Waals surface area contributed by atoms with Gasteiger partial charge in [0.25, 0.3) is 16.6 Å². The molecule has 0 amide bonds. The van der Waals surface area contributed by atoms with Crippen LogP contribution in [-0.4, -0.2) is 16.6 Å². The third-order valence-electron chi connectivity index (χ3n) is 8.31. The molecule has 0 aliphatic carbocycles. The van der Waals surface area contributed by atoms with Crippen molar-refractivity contribution < 1.29 is 8.85 Å². The van der Waals surface area contributed by atoms with Crippen LogP contribution in [-0.2, 0) is 0 Å². The lowest BCUT2D eigenvalue weighted by Gasteiger charge is -2.34. The molecule has 0 unspecified atom stereocenters. The lowest BCUT2D eigenvalue weighted by molar-refractivity contribution is 0.551. The van der Waals surface area contributed by atoms with Gasteiger partial charge in [0.15, 0.2) is 0 Å². The van der Waals surface area contributed by atoms with Gasteiger partial charge in [-0.2, -0.15) is 0 Å². The smallest absolute Gasteiger partial charge is 0.282 e.